The molecule has 4 rings (SSSR count). The molecule has 0 spiro atoms. The SMILES string of the molecule is N#Cc1ccccc1CN1C[C@@H](NC(=O)C2CC2)[C@@H](n2ccnn2)C1. The van der Waals surface area contributed by atoms with E-state index in [1.165, 1.54) is 0 Å². The Hall–Kier alpha value is -2.72. The molecule has 1 saturated heterocycles. The molecule has 1 aliphatic carbocycles. The molecule has 2 aromatic rings. The molecule has 1 saturated carbocycles. The maximum atomic E-state index is 12.2. The quantitative estimate of drug-likeness (QED) is 0.883. The van der Waals surface area contributed by atoms with Crippen LogP contribution in [0.2, 0.25) is 0 Å². The number of aromatic nitrogens is 3. The van der Waals surface area contributed by atoms with Crippen LogP contribution in [-0.2, 0) is 11.3 Å². The van der Waals surface area contributed by atoms with E-state index in [-0.39, 0.29) is 23.9 Å². The van der Waals surface area contributed by atoms with Crippen LogP contribution in [0.1, 0.15) is 30.0 Å². The van der Waals surface area contributed by atoms with Gasteiger partial charge in [-0.15, -0.1) is 5.10 Å². The molecule has 1 amide bonds. The Morgan fingerprint density at radius 1 is 1.32 bits per heavy atom. The molecule has 1 N–H and O–H groups in total. The monoisotopic (exact) mass is 336 g/mol. The number of hydrogen-bond donors (Lipinski definition) is 1. The molecule has 1 aliphatic heterocycles. The Morgan fingerprint density at radius 2 is 2.16 bits per heavy atom. The Morgan fingerprint density at radius 3 is 2.88 bits per heavy atom. The van der Waals surface area contributed by atoms with Crippen molar-refractivity contribution >= 4 is 5.91 Å². The molecule has 0 unspecified atom stereocenters. The van der Waals surface area contributed by atoms with E-state index >= 15 is 0 Å². The van der Waals surface area contributed by atoms with Crippen molar-refractivity contribution in [2.75, 3.05) is 13.1 Å². The number of rotatable bonds is 5. The largest absolute Gasteiger partial charge is 0.350 e. The van der Waals surface area contributed by atoms with Crippen LogP contribution < -0.4 is 5.32 Å². The molecule has 128 valence electrons. The summed E-state index contributed by atoms with van der Waals surface area (Å²) in [5.74, 6) is 0.333. The number of nitrogens with zero attached hydrogens (tertiary/aromatic N) is 5. The van der Waals surface area contributed by atoms with E-state index in [2.05, 4.69) is 26.6 Å². The minimum Gasteiger partial charge on any atom is -0.350 e. The molecule has 2 fully saturated rings. The third kappa shape index (κ3) is 3.39. The van der Waals surface area contributed by atoms with E-state index in [1.54, 1.807) is 6.20 Å². The van der Waals surface area contributed by atoms with E-state index in [1.807, 2.05) is 35.1 Å². The van der Waals surface area contributed by atoms with Gasteiger partial charge in [0.15, 0.2) is 0 Å². The second-order valence-electron chi connectivity index (χ2n) is 6.80. The predicted molar refractivity (Wildman–Crippen MR) is 90.1 cm³/mol. The third-order valence-corrected chi connectivity index (χ3v) is 4.95. The lowest BCUT2D eigenvalue weighted by molar-refractivity contribution is -0.123. The number of benzene rings is 1. The van der Waals surface area contributed by atoms with E-state index in [9.17, 15) is 10.1 Å². The first-order valence-corrected chi connectivity index (χ1v) is 8.61. The lowest BCUT2D eigenvalue weighted by Gasteiger charge is -2.19. The molecule has 0 radical (unpaired) electrons. The molecule has 2 heterocycles. The first-order chi connectivity index (χ1) is 12.2. The standard InChI is InChI=1S/C18H20N6O/c19-9-14-3-1-2-4-15(14)10-23-11-16(21-18(25)13-5-6-13)17(12-23)24-8-7-20-22-24/h1-4,7-8,13,16-17H,5-6,10-12H2,(H,21,25)/t16-,17+/m1/s1. The smallest absolute Gasteiger partial charge is 0.223 e. The second kappa shape index (κ2) is 6.65. The van der Waals surface area contributed by atoms with Crippen molar-refractivity contribution in [2.24, 2.45) is 5.92 Å². The van der Waals surface area contributed by atoms with Gasteiger partial charge in [0.1, 0.15) is 0 Å². The summed E-state index contributed by atoms with van der Waals surface area (Å²) >= 11 is 0. The zero-order chi connectivity index (χ0) is 17.2. The minimum atomic E-state index is 0.00375. The van der Waals surface area contributed by atoms with Crippen molar-refractivity contribution in [2.45, 2.75) is 31.5 Å². The van der Waals surface area contributed by atoms with Gasteiger partial charge in [-0.2, -0.15) is 5.26 Å². The van der Waals surface area contributed by atoms with Crippen molar-refractivity contribution in [3.63, 3.8) is 0 Å². The molecule has 0 bridgehead atoms. The highest BCUT2D eigenvalue weighted by molar-refractivity contribution is 5.81. The summed E-state index contributed by atoms with van der Waals surface area (Å²) in [5, 5.41) is 20.5. The van der Waals surface area contributed by atoms with Gasteiger partial charge in [-0.05, 0) is 24.5 Å². The fraction of sp³-hybridized carbons (Fsp3) is 0.444. The maximum Gasteiger partial charge on any atom is 0.223 e. The molecule has 2 aliphatic rings. The molecule has 7 heteroatoms. The second-order valence-corrected chi connectivity index (χ2v) is 6.80. The molecule has 1 aromatic carbocycles. The van der Waals surface area contributed by atoms with Crippen molar-refractivity contribution in [1.82, 2.24) is 25.2 Å². The van der Waals surface area contributed by atoms with Crippen LogP contribution in [0.5, 0.6) is 0 Å². The number of carbonyl (C=O) groups is 1. The minimum absolute atomic E-state index is 0.00375. The van der Waals surface area contributed by atoms with Crippen molar-refractivity contribution in [3.05, 3.63) is 47.8 Å². The highest BCUT2D eigenvalue weighted by Gasteiger charge is 2.38. The van der Waals surface area contributed by atoms with Crippen molar-refractivity contribution in [3.8, 4) is 6.07 Å². The van der Waals surface area contributed by atoms with Gasteiger partial charge in [-0.3, -0.25) is 9.69 Å². The summed E-state index contributed by atoms with van der Waals surface area (Å²) in [6, 6.07) is 9.96. The normalized spacial score (nSPS) is 23.3. The van der Waals surface area contributed by atoms with Gasteiger partial charge in [-0.25, -0.2) is 4.68 Å². The van der Waals surface area contributed by atoms with Crippen LogP contribution in [-0.4, -0.2) is 44.9 Å². The van der Waals surface area contributed by atoms with Crippen LogP contribution in [0.3, 0.4) is 0 Å². The van der Waals surface area contributed by atoms with Gasteiger partial charge in [-0.1, -0.05) is 23.4 Å². The zero-order valence-electron chi connectivity index (χ0n) is 13.9. The topological polar surface area (TPSA) is 86.8 Å². The number of likely N-dealkylation sites (tertiary alicyclic amines) is 1. The van der Waals surface area contributed by atoms with E-state index in [0.717, 1.165) is 31.5 Å². The van der Waals surface area contributed by atoms with Crippen LogP contribution in [0.4, 0.5) is 0 Å². The Bertz CT molecular complexity index is 792. The van der Waals surface area contributed by atoms with Gasteiger partial charge < -0.3 is 5.32 Å². The van der Waals surface area contributed by atoms with Crippen LogP contribution in [0, 0.1) is 17.2 Å². The summed E-state index contributed by atoms with van der Waals surface area (Å²) < 4.78 is 1.83. The number of carbonyl (C=O) groups excluding carboxylic acids is 1. The molecular formula is C18H20N6O. The summed E-state index contributed by atoms with van der Waals surface area (Å²) in [4.78, 5) is 14.5. The van der Waals surface area contributed by atoms with Crippen molar-refractivity contribution in [1.29, 1.82) is 5.26 Å². The molecule has 1 aromatic heterocycles. The molecular weight excluding hydrogens is 316 g/mol. The fourth-order valence-electron chi connectivity index (χ4n) is 3.45. The zero-order valence-corrected chi connectivity index (χ0v) is 13.9. The Labute approximate surface area is 146 Å². The van der Waals surface area contributed by atoms with Gasteiger partial charge in [0.05, 0.1) is 29.9 Å². The number of hydrogen-bond acceptors (Lipinski definition) is 5. The summed E-state index contributed by atoms with van der Waals surface area (Å²) in [5.41, 5.74) is 1.71. The van der Waals surface area contributed by atoms with Crippen LogP contribution in [0.25, 0.3) is 0 Å². The molecule has 7 nitrogen and oxygen atoms in total. The summed E-state index contributed by atoms with van der Waals surface area (Å²) in [7, 11) is 0. The van der Waals surface area contributed by atoms with Gasteiger partial charge in [0.25, 0.3) is 0 Å². The Balaban J connectivity index is 1.50. The van der Waals surface area contributed by atoms with Crippen molar-refractivity contribution < 1.29 is 4.79 Å². The van der Waals surface area contributed by atoms with Gasteiger partial charge in [0.2, 0.25) is 5.91 Å². The lowest BCUT2D eigenvalue weighted by atomic mass is 10.1. The van der Waals surface area contributed by atoms with Crippen LogP contribution in [0.15, 0.2) is 36.7 Å². The average molecular weight is 336 g/mol. The lowest BCUT2D eigenvalue weighted by Crippen LogP contribution is -2.42. The van der Waals surface area contributed by atoms with E-state index in [4.69, 9.17) is 0 Å². The first kappa shape index (κ1) is 15.8. The summed E-state index contributed by atoms with van der Waals surface area (Å²) in [6.45, 7) is 2.19. The van der Waals surface area contributed by atoms with E-state index < -0.39 is 0 Å². The molecule has 25 heavy (non-hydrogen) atoms. The summed E-state index contributed by atoms with van der Waals surface area (Å²) in [6.07, 6.45) is 5.48. The number of amides is 1. The highest BCUT2D eigenvalue weighted by atomic mass is 16.2. The van der Waals surface area contributed by atoms with E-state index in [0.29, 0.717) is 12.1 Å². The number of nitrogens with one attached hydrogen (secondary N) is 1. The third-order valence-electron chi connectivity index (χ3n) is 4.95. The first-order valence-electron chi connectivity index (χ1n) is 8.61. The maximum absolute atomic E-state index is 12.2. The average Bonchev–Trinajstić information content (AvgIpc) is 3.20. The van der Waals surface area contributed by atoms with Crippen LogP contribution >= 0.6 is 0 Å². The predicted octanol–water partition coefficient (Wildman–Crippen LogP) is 1.10. The molecule has 2 atom stereocenters. The number of nitriles is 1. The fourth-order valence-corrected chi connectivity index (χ4v) is 3.45. The Kier molecular flexibility index (Phi) is 4.20. The van der Waals surface area contributed by atoms with Gasteiger partial charge in [0, 0.05) is 31.7 Å². The highest BCUT2D eigenvalue weighted by Crippen LogP contribution is 2.30. The van der Waals surface area contributed by atoms with Gasteiger partial charge >= 0.3 is 0 Å².